The monoisotopic (exact) mass is 341 g/mol. The van der Waals surface area contributed by atoms with Crippen LogP contribution in [-0.4, -0.2) is 4.57 Å². The van der Waals surface area contributed by atoms with Crippen molar-refractivity contribution in [1.82, 2.24) is 4.57 Å². The lowest BCUT2D eigenvalue weighted by molar-refractivity contribution is 0.846. The third-order valence-corrected chi connectivity index (χ3v) is 5.37. The maximum absolute atomic E-state index is 3.62. The molecule has 98 valence electrons. The highest BCUT2D eigenvalue weighted by Gasteiger charge is 2.07. The van der Waals surface area contributed by atoms with Gasteiger partial charge in [0.25, 0.3) is 0 Å². The molecule has 2 heterocycles. The van der Waals surface area contributed by atoms with E-state index < -0.39 is 0 Å². The Labute approximate surface area is 129 Å². The topological polar surface area (TPSA) is 4.93 Å². The fourth-order valence-corrected chi connectivity index (χ4v) is 4.10. The second-order valence-corrected chi connectivity index (χ2v) is 6.64. The van der Waals surface area contributed by atoms with Crippen LogP contribution in [0.1, 0.15) is 5.56 Å². The normalized spacial score (nSPS) is 11.4. The quantitative estimate of drug-likeness (QED) is 0.442. The number of aromatic nitrogens is 1. The number of thiophene rings is 1. The molecule has 20 heavy (non-hydrogen) atoms. The van der Waals surface area contributed by atoms with Crippen LogP contribution in [0.15, 0.2) is 64.6 Å². The summed E-state index contributed by atoms with van der Waals surface area (Å²) in [5.41, 5.74) is 2.66. The van der Waals surface area contributed by atoms with Crippen molar-refractivity contribution in [1.29, 1.82) is 0 Å². The van der Waals surface area contributed by atoms with Crippen molar-refractivity contribution < 1.29 is 0 Å². The Morgan fingerprint density at radius 1 is 0.950 bits per heavy atom. The van der Waals surface area contributed by atoms with Crippen molar-refractivity contribution >= 4 is 48.3 Å². The van der Waals surface area contributed by atoms with Crippen LogP contribution in [-0.2, 0) is 6.54 Å². The van der Waals surface area contributed by atoms with Gasteiger partial charge in [0.05, 0.1) is 0 Å². The number of hydrogen-bond acceptors (Lipinski definition) is 1. The third kappa shape index (κ3) is 1.89. The molecule has 0 unspecified atom stereocenters. The zero-order valence-electron chi connectivity index (χ0n) is 10.7. The van der Waals surface area contributed by atoms with E-state index >= 15 is 0 Å². The van der Waals surface area contributed by atoms with E-state index in [4.69, 9.17) is 0 Å². The Morgan fingerprint density at radius 3 is 2.80 bits per heavy atom. The first-order valence-electron chi connectivity index (χ1n) is 6.51. The average Bonchev–Trinajstić information content (AvgIpc) is 3.06. The predicted molar refractivity (Wildman–Crippen MR) is 90.6 cm³/mol. The van der Waals surface area contributed by atoms with Crippen LogP contribution in [0.4, 0.5) is 0 Å². The van der Waals surface area contributed by atoms with Crippen molar-refractivity contribution in [2.24, 2.45) is 0 Å². The molecule has 2 aromatic carbocycles. The van der Waals surface area contributed by atoms with Crippen LogP contribution in [0.5, 0.6) is 0 Å². The fraction of sp³-hybridized carbons (Fsp3) is 0.0588. The van der Waals surface area contributed by atoms with E-state index in [1.165, 1.54) is 26.6 Å². The first kappa shape index (κ1) is 12.2. The Balaban J connectivity index is 1.83. The van der Waals surface area contributed by atoms with E-state index in [2.05, 4.69) is 80.6 Å². The van der Waals surface area contributed by atoms with E-state index in [-0.39, 0.29) is 0 Å². The Kier molecular flexibility index (Phi) is 2.90. The number of benzene rings is 2. The van der Waals surface area contributed by atoms with E-state index in [1.54, 1.807) is 0 Å². The van der Waals surface area contributed by atoms with E-state index in [9.17, 15) is 0 Å². The van der Waals surface area contributed by atoms with Crippen LogP contribution >= 0.6 is 27.3 Å². The highest BCUT2D eigenvalue weighted by atomic mass is 79.9. The third-order valence-electron chi connectivity index (χ3n) is 3.66. The Hall–Kier alpha value is -1.58. The molecule has 0 saturated heterocycles. The van der Waals surface area contributed by atoms with Gasteiger partial charge in [0.2, 0.25) is 0 Å². The standard InChI is InChI=1S/C17H12BrNS/c18-15-5-3-6-16-14(15)8-9-19(16)10-12-11-20-17-7-2-1-4-13(12)17/h1-9,11H,10H2. The number of rotatable bonds is 2. The number of hydrogen-bond donors (Lipinski definition) is 0. The van der Waals surface area contributed by atoms with Gasteiger partial charge in [0.1, 0.15) is 0 Å². The van der Waals surface area contributed by atoms with Gasteiger partial charge >= 0.3 is 0 Å². The van der Waals surface area contributed by atoms with Crippen LogP contribution in [0.3, 0.4) is 0 Å². The molecule has 0 fully saturated rings. The zero-order chi connectivity index (χ0) is 13.5. The van der Waals surface area contributed by atoms with Crippen LogP contribution < -0.4 is 0 Å². The molecule has 3 heteroatoms. The summed E-state index contributed by atoms with van der Waals surface area (Å²) in [5.74, 6) is 0. The van der Waals surface area contributed by atoms with Crippen LogP contribution in [0.2, 0.25) is 0 Å². The molecule has 0 aliphatic rings. The molecule has 4 aromatic rings. The van der Waals surface area contributed by atoms with Crippen molar-refractivity contribution in [3.05, 3.63) is 70.1 Å². The largest absolute Gasteiger partial charge is 0.343 e. The molecule has 0 amide bonds. The van der Waals surface area contributed by atoms with Crippen molar-refractivity contribution in [3.63, 3.8) is 0 Å². The molecule has 0 bridgehead atoms. The van der Waals surface area contributed by atoms with E-state index in [0.717, 1.165) is 11.0 Å². The SMILES string of the molecule is Brc1cccc2c1ccn2Cc1csc2ccccc12. The predicted octanol–water partition coefficient (Wildman–Crippen LogP) is 5.67. The van der Waals surface area contributed by atoms with Gasteiger partial charge in [-0.3, -0.25) is 0 Å². The molecular weight excluding hydrogens is 330 g/mol. The summed E-state index contributed by atoms with van der Waals surface area (Å²) >= 11 is 5.44. The number of nitrogens with zero attached hydrogens (tertiary/aromatic N) is 1. The number of halogens is 1. The number of fused-ring (bicyclic) bond motifs is 2. The second-order valence-electron chi connectivity index (χ2n) is 4.87. The zero-order valence-corrected chi connectivity index (χ0v) is 13.1. The highest BCUT2D eigenvalue weighted by molar-refractivity contribution is 9.10. The molecule has 2 aromatic heterocycles. The minimum absolute atomic E-state index is 0.921. The summed E-state index contributed by atoms with van der Waals surface area (Å²) in [5, 5.41) is 4.91. The first-order valence-corrected chi connectivity index (χ1v) is 8.19. The molecule has 0 saturated carbocycles. The fourth-order valence-electron chi connectivity index (χ4n) is 2.66. The van der Waals surface area contributed by atoms with Gasteiger partial charge in [0, 0.05) is 32.8 Å². The van der Waals surface area contributed by atoms with Crippen molar-refractivity contribution in [2.75, 3.05) is 0 Å². The molecule has 0 radical (unpaired) electrons. The molecule has 0 aliphatic heterocycles. The van der Waals surface area contributed by atoms with Crippen molar-refractivity contribution in [2.45, 2.75) is 6.54 Å². The lowest BCUT2D eigenvalue weighted by atomic mass is 10.2. The van der Waals surface area contributed by atoms with Crippen LogP contribution in [0, 0.1) is 0 Å². The molecule has 0 atom stereocenters. The lowest BCUT2D eigenvalue weighted by Gasteiger charge is -2.05. The van der Waals surface area contributed by atoms with Crippen LogP contribution in [0.25, 0.3) is 21.0 Å². The van der Waals surface area contributed by atoms with Gasteiger partial charge in [-0.25, -0.2) is 0 Å². The maximum Gasteiger partial charge on any atom is 0.0494 e. The van der Waals surface area contributed by atoms with Gasteiger partial charge in [-0.2, -0.15) is 0 Å². The molecular formula is C17H12BrNS. The summed E-state index contributed by atoms with van der Waals surface area (Å²) in [4.78, 5) is 0. The van der Waals surface area contributed by atoms with Gasteiger partial charge in [-0.05, 0) is 40.6 Å². The highest BCUT2D eigenvalue weighted by Crippen LogP contribution is 2.29. The summed E-state index contributed by atoms with van der Waals surface area (Å²) in [7, 11) is 0. The smallest absolute Gasteiger partial charge is 0.0494 e. The van der Waals surface area contributed by atoms with E-state index in [1.807, 2.05) is 11.3 Å². The summed E-state index contributed by atoms with van der Waals surface area (Å²) in [6.45, 7) is 0.921. The van der Waals surface area contributed by atoms with Gasteiger partial charge < -0.3 is 4.57 Å². The minimum atomic E-state index is 0.921. The molecule has 0 N–H and O–H groups in total. The maximum atomic E-state index is 3.62. The van der Waals surface area contributed by atoms with Gasteiger partial charge in [-0.15, -0.1) is 11.3 Å². The Bertz CT molecular complexity index is 904. The second kappa shape index (κ2) is 4.76. The summed E-state index contributed by atoms with van der Waals surface area (Å²) in [6.07, 6.45) is 2.17. The minimum Gasteiger partial charge on any atom is -0.343 e. The van der Waals surface area contributed by atoms with Gasteiger partial charge in [-0.1, -0.05) is 40.2 Å². The molecule has 4 rings (SSSR count). The molecule has 0 spiro atoms. The van der Waals surface area contributed by atoms with Crippen molar-refractivity contribution in [3.8, 4) is 0 Å². The summed E-state index contributed by atoms with van der Waals surface area (Å²) < 4.78 is 4.83. The lowest BCUT2D eigenvalue weighted by Crippen LogP contribution is -1.96. The average molecular weight is 342 g/mol. The molecule has 0 aliphatic carbocycles. The van der Waals surface area contributed by atoms with Gasteiger partial charge in [0.15, 0.2) is 0 Å². The van der Waals surface area contributed by atoms with E-state index in [0.29, 0.717) is 0 Å². The Morgan fingerprint density at radius 2 is 1.85 bits per heavy atom. The molecule has 1 nitrogen and oxygen atoms in total. The first-order chi connectivity index (χ1) is 9.83. The summed E-state index contributed by atoms with van der Waals surface area (Å²) in [6, 6.07) is 17.1.